The van der Waals surface area contributed by atoms with Crippen LogP contribution < -0.4 is 20.3 Å². The van der Waals surface area contributed by atoms with Gasteiger partial charge in [0.2, 0.25) is 0 Å². The summed E-state index contributed by atoms with van der Waals surface area (Å²) in [5, 5.41) is 25.0. The van der Waals surface area contributed by atoms with Crippen LogP contribution in [-0.4, -0.2) is 53.0 Å². The normalized spacial score (nSPS) is 23.7. The summed E-state index contributed by atoms with van der Waals surface area (Å²) in [6.07, 6.45) is -2.14. The molecule has 3 aliphatic heterocycles. The zero-order valence-corrected chi connectivity index (χ0v) is 20.6. The van der Waals surface area contributed by atoms with E-state index in [0.717, 1.165) is 19.0 Å². The average molecular weight is 512 g/mol. The van der Waals surface area contributed by atoms with E-state index in [1.54, 1.807) is 11.0 Å². The number of alkyl halides is 2. The van der Waals surface area contributed by atoms with Crippen molar-refractivity contribution in [3.63, 3.8) is 0 Å². The summed E-state index contributed by atoms with van der Waals surface area (Å²) in [5.74, 6) is -0.331. The van der Waals surface area contributed by atoms with Gasteiger partial charge < -0.3 is 25.4 Å². The zero-order chi connectivity index (χ0) is 25.9. The number of hydrogen-bond acceptors (Lipinski definition) is 7. The standard InChI is InChI=1S/C27H28F3N5O2/c1-26(2)19-7-6-16(10-15(19)8-9-32-26)37-17-12-27(25(29)30)14-31-24-22(35(27)13-17)11-21(33-34-24)18-4-3-5-20(28)23(18)36/h3-7,10-11,17,25,32,36H,8-9,12-14H2,1-2H3,(H,31,34)/t17-,27-/m1/s1. The van der Waals surface area contributed by atoms with Crippen LogP contribution in [0.3, 0.4) is 0 Å². The Morgan fingerprint density at radius 1 is 1.16 bits per heavy atom. The van der Waals surface area contributed by atoms with E-state index < -0.39 is 29.6 Å². The second-order valence-electron chi connectivity index (χ2n) is 10.5. The van der Waals surface area contributed by atoms with E-state index in [1.807, 2.05) is 18.2 Å². The Balaban J connectivity index is 1.32. The summed E-state index contributed by atoms with van der Waals surface area (Å²) < 4.78 is 49.6. The highest BCUT2D eigenvalue weighted by Gasteiger charge is 2.56. The second-order valence-corrected chi connectivity index (χ2v) is 10.5. The van der Waals surface area contributed by atoms with Crippen molar-refractivity contribution in [2.75, 3.05) is 29.9 Å². The van der Waals surface area contributed by atoms with Crippen molar-refractivity contribution in [1.29, 1.82) is 0 Å². The molecule has 0 aliphatic carbocycles. The molecule has 0 radical (unpaired) electrons. The van der Waals surface area contributed by atoms with E-state index in [-0.39, 0.29) is 36.3 Å². The summed E-state index contributed by atoms with van der Waals surface area (Å²) in [4.78, 5) is 1.63. The average Bonchev–Trinajstić information content (AvgIpc) is 3.25. The minimum atomic E-state index is -2.66. The molecule has 3 aliphatic rings. The molecule has 194 valence electrons. The van der Waals surface area contributed by atoms with Crippen molar-refractivity contribution in [2.24, 2.45) is 0 Å². The maximum Gasteiger partial charge on any atom is 0.263 e. The number of ether oxygens (including phenoxy) is 1. The Bertz CT molecular complexity index is 1370. The Kier molecular flexibility index (Phi) is 5.48. The zero-order valence-electron chi connectivity index (χ0n) is 20.6. The van der Waals surface area contributed by atoms with Crippen molar-refractivity contribution in [3.8, 4) is 22.8 Å². The molecule has 0 amide bonds. The minimum Gasteiger partial charge on any atom is -0.504 e. The fourth-order valence-corrected chi connectivity index (χ4v) is 5.88. The number of fused-ring (bicyclic) bond motifs is 4. The molecule has 37 heavy (non-hydrogen) atoms. The molecule has 7 nitrogen and oxygen atoms in total. The molecule has 3 N–H and O–H groups in total. The van der Waals surface area contributed by atoms with Crippen molar-refractivity contribution in [3.05, 3.63) is 59.4 Å². The van der Waals surface area contributed by atoms with Gasteiger partial charge in [0.1, 0.15) is 17.4 Å². The molecule has 1 fully saturated rings. The number of phenolic OH excluding ortho intramolecular Hbond substituents is 1. The number of nitrogens with one attached hydrogen (secondary N) is 2. The van der Waals surface area contributed by atoms with Gasteiger partial charge in [-0.05, 0) is 68.3 Å². The van der Waals surface area contributed by atoms with Crippen LogP contribution in [0.25, 0.3) is 11.3 Å². The number of rotatable bonds is 4. The van der Waals surface area contributed by atoms with Crippen molar-refractivity contribution in [1.82, 2.24) is 15.5 Å². The number of halogens is 3. The first-order valence-electron chi connectivity index (χ1n) is 12.4. The molecule has 1 saturated heterocycles. The van der Waals surface area contributed by atoms with Gasteiger partial charge in [-0.3, -0.25) is 0 Å². The third-order valence-electron chi connectivity index (χ3n) is 7.81. The number of hydrogen-bond donors (Lipinski definition) is 3. The molecule has 2 atom stereocenters. The van der Waals surface area contributed by atoms with Crippen molar-refractivity contribution >= 4 is 11.5 Å². The molecule has 4 heterocycles. The monoisotopic (exact) mass is 511 g/mol. The molecular weight excluding hydrogens is 483 g/mol. The van der Waals surface area contributed by atoms with Gasteiger partial charge in [0.15, 0.2) is 17.4 Å². The maximum atomic E-state index is 14.7. The van der Waals surface area contributed by atoms with E-state index in [2.05, 4.69) is 34.7 Å². The lowest BCUT2D eigenvalue weighted by Gasteiger charge is -2.43. The van der Waals surface area contributed by atoms with Crippen LogP contribution in [0, 0.1) is 5.82 Å². The van der Waals surface area contributed by atoms with Gasteiger partial charge in [-0.2, -0.15) is 0 Å². The van der Waals surface area contributed by atoms with E-state index in [1.165, 1.54) is 23.3 Å². The molecule has 10 heteroatoms. The summed E-state index contributed by atoms with van der Waals surface area (Å²) in [5.41, 5.74) is 1.53. The highest BCUT2D eigenvalue weighted by atomic mass is 19.3. The Morgan fingerprint density at radius 3 is 2.81 bits per heavy atom. The first-order chi connectivity index (χ1) is 17.7. The fraction of sp³-hybridized carbons (Fsp3) is 0.407. The van der Waals surface area contributed by atoms with Crippen LogP contribution in [-0.2, 0) is 12.0 Å². The molecular formula is C27H28F3N5O2. The number of phenols is 1. The van der Waals surface area contributed by atoms with Gasteiger partial charge in [0.25, 0.3) is 6.43 Å². The summed E-state index contributed by atoms with van der Waals surface area (Å²) in [7, 11) is 0. The lowest BCUT2D eigenvalue weighted by atomic mass is 9.85. The van der Waals surface area contributed by atoms with Gasteiger partial charge in [-0.1, -0.05) is 12.1 Å². The highest BCUT2D eigenvalue weighted by Crippen LogP contribution is 2.46. The number of aromatic hydroxyl groups is 1. The van der Waals surface area contributed by atoms with E-state index in [4.69, 9.17) is 4.74 Å². The lowest BCUT2D eigenvalue weighted by Crippen LogP contribution is -2.57. The minimum absolute atomic E-state index is 0.0131. The van der Waals surface area contributed by atoms with Crippen LogP contribution in [0.5, 0.6) is 11.5 Å². The summed E-state index contributed by atoms with van der Waals surface area (Å²) in [6, 6.07) is 11.6. The number of aromatic nitrogens is 2. The predicted octanol–water partition coefficient (Wildman–Crippen LogP) is 4.46. The molecule has 0 bridgehead atoms. The molecule has 0 spiro atoms. The molecule has 0 unspecified atom stereocenters. The topological polar surface area (TPSA) is 82.5 Å². The number of para-hydroxylation sites is 1. The molecule has 6 rings (SSSR count). The SMILES string of the molecule is CC1(C)NCCc2cc(O[C@H]3CN4c5cc(-c6cccc(F)c6O)nnc5NC[C@@]4(C(F)F)C3)ccc21. The van der Waals surface area contributed by atoms with Crippen LogP contribution in [0.4, 0.5) is 24.7 Å². The third kappa shape index (κ3) is 3.85. The van der Waals surface area contributed by atoms with Gasteiger partial charge in [0.05, 0.1) is 17.9 Å². The van der Waals surface area contributed by atoms with Gasteiger partial charge in [-0.15, -0.1) is 10.2 Å². The lowest BCUT2D eigenvalue weighted by molar-refractivity contribution is 0.0532. The van der Waals surface area contributed by atoms with E-state index in [0.29, 0.717) is 17.3 Å². The van der Waals surface area contributed by atoms with E-state index >= 15 is 0 Å². The van der Waals surface area contributed by atoms with Gasteiger partial charge in [0, 0.05) is 24.1 Å². The molecule has 2 aromatic carbocycles. The summed E-state index contributed by atoms with van der Waals surface area (Å²) >= 11 is 0. The summed E-state index contributed by atoms with van der Waals surface area (Å²) in [6.45, 7) is 5.35. The Labute approximate surface area is 212 Å². The molecule has 0 saturated carbocycles. The molecule has 1 aromatic heterocycles. The molecule has 3 aromatic rings. The Hall–Kier alpha value is -3.53. The first kappa shape index (κ1) is 23.8. The number of nitrogens with zero attached hydrogens (tertiary/aromatic N) is 3. The maximum absolute atomic E-state index is 14.7. The van der Waals surface area contributed by atoms with Crippen LogP contribution in [0.2, 0.25) is 0 Å². The fourth-order valence-electron chi connectivity index (χ4n) is 5.88. The smallest absolute Gasteiger partial charge is 0.263 e. The quantitative estimate of drug-likeness (QED) is 0.477. The highest BCUT2D eigenvalue weighted by molar-refractivity contribution is 5.77. The van der Waals surface area contributed by atoms with E-state index in [9.17, 15) is 18.3 Å². The van der Waals surface area contributed by atoms with Crippen LogP contribution in [0.15, 0.2) is 42.5 Å². The third-order valence-corrected chi connectivity index (χ3v) is 7.81. The van der Waals surface area contributed by atoms with Gasteiger partial charge in [-0.25, -0.2) is 13.2 Å². The van der Waals surface area contributed by atoms with Gasteiger partial charge >= 0.3 is 0 Å². The first-order valence-corrected chi connectivity index (χ1v) is 12.4. The van der Waals surface area contributed by atoms with Crippen molar-refractivity contribution in [2.45, 2.75) is 50.3 Å². The second kappa shape index (κ2) is 8.51. The number of anilines is 2. The van der Waals surface area contributed by atoms with Crippen LogP contribution in [0.1, 0.15) is 31.4 Å². The van der Waals surface area contributed by atoms with Crippen molar-refractivity contribution < 1.29 is 23.0 Å². The largest absolute Gasteiger partial charge is 0.504 e. The Morgan fingerprint density at radius 2 is 2.00 bits per heavy atom. The number of benzene rings is 2. The van der Waals surface area contributed by atoms with Crippen LogP contribution >= 0.6 is 0 Å². The predicted molar refractivity (Wildman–Crippen MR) is 134 cm³/mol.